The summed E-state index contributed by atoms with van der Waals surface area (Å²) in [6.45, 7) is 5.92. The van der Waals surface area contributed by atoms with E-state index in [1.54, 1.807) is 13.8 Å². The fourth-order valence-electron chi connectivity index (χ4n) is 1.25. The molecule has 5 nitrogen and oxygen atoms in total. The monoisotopic (exact) mass is 256 g/mol. The number of carbonyl (C=O) groups excluding carboxylic acids is 1. The Morgan fingerprint density at radius 1 is 1.53 bits per heavy atom. The maximum Gasteiger partial charge on any atom is 0.224 e. The van der Waals surface area contributed by atoms with E-state index in [0.717, 1.165) is 12.0 Å². The molecule has 0 atom stereocenters. The van der Waals surface area contributed by atoms with Crippen LogP contribution in [0.3, 0.4) is 0 Å². The van der Waals surface area contributed by atoms with E-state index >= 15 is 0 Å². The fourth-order valence-corrected chi connectivity index (χ4v) is 1.52. The van der Waals surface area contributed by atoms with Crippen LogP contribution in [0.15, 0.2) is 6.33 Å². The number of nitrogens with zero attached hydrogens (tertiary/aromatic N) is 2. The van der Waals surface area contributed by atoms with Crippen LogP contribution in [0.5, 0.6) is 0 Å². The number of hydrogen-bond acceptors (Lipinski definition) is 4. The Hall–Kier alpha value is -1.36. The van der Waals surface area contributed by atoms with E-state index in [1.165, 1.54) is 6.33 Å². The number of amides is 1. The molecule has 1 aromatic heterocycles. The molecule has 0 aliphatic heterocycles. The van der Waals surface area contributed by atoms with Crippen LogP contribution < -0.4 is 11.1 Å². The summed E-state index contributed by atoms with van der Waals surface area (Å²) in [4.78, 5) is 19.2. The zero-order valence-electron chi connectivity index (χ0n) is 10.2. The molecule has 0 aromatic carbocycles. The van der Waals surface area contributed by atoms with Crippen molar-refractivity contribution < 1.29 is 4.79 Å². The van der Waals surface area contributed by atoms with Crippen LogP contribution >= 0.6 is 11.6 Å². The van der Waals surface area contributed by atoms with Crippen LogP contribution in [-0.4, -0.2) is 22.4 Å². The molecule has 0 aliphatic carbocycles. The van der Waals surface area contributed by atoms with Gasteiger partial charge in [-0.25, -0.2) is 9.97 Å². The molecule has 0 bridgehead atoms. The van der Waals surface area contributed by atoms with Gasteiger partial charge in [0.25, 0.3) is 0 Å². The van der Waals surface area contributed by atoms with E-state index in [9.17, 15) is 4.79 Å². The van der Waals surface area contributed by atoms with Crippen LogP contribution in [0, 0.1) is 5.41 Å². The molecule has 0 unspecified atom stereocenters. The van der Waals surface area contributed by atoms with Crippen molar-refractivity contribution in [3.63, 3.8) is 0 Å². The van der Waals surface area contributed by atoms with Crippen LogP contribution in [0.1, 0.15) is 26.3 Å². The molecule has 17 heavy (non-hydrogen) atoms. The maximum atomic E-state index is 11.2. The van der Waals surface area contributed by atoms with Gasteiger partial charge in [-0.15, -0.1) is 0 Å². The molecule has 3 N–H and O–H groups in total. The van der Waals surface area contributed by atoms with Crippen LogP contribution in [0.2, 0.25) is 5.15 Å². The van der Waals surface area contributed by atoms with Crippen molar-refractivity contribution in [3.8, 4) is 0 Å². The molecule has 1 heterocycles. The molecular weight excluding hydrogens is 240 g/mol. The van der Waals surface area contributed by atoms with E-state index in [-0.39, 0.29) is 5.91 Å². The van der Waals surface area contributed by atoms with Crippen LogP contribution in [0.25, 0.3) is 0 Å². The second-order valence-corrected chi connectivity index (χ2v) is 4.80. The lowest BCUT2D eigenvalue weighted by atomic mass is 9.93. The third-order valence-corrected chi connectivity index (χ3v) is 2.94. The van der Waals surface area contributed by atoms with Crippen molar-refractivity contribution in [2.45, 2.75) is 27.2 Å². The Balaban J connectivity index is 2.83. The molecule has 0 fully saturated rings. The Bertz CT molecular complexity index is 420. The molecular formula is C11H17ClN4O. The molecule has 0 spiro atoms. The average Bonchev–Trinajstić information content (AvgIpc) is 2.26. The zero-order chi connectivity index (χ0) is 13.1. The molecule has 0 aliphatic rings. The van der Waals surface area contributed by atoms with Crippen molar-refractivity contribution >= 4 is 23.3 Å². The van der Waals surface area contributed by atoms with Gasteiger partial charge in [0, 0.05) is 12.1 Å². The lowest BCUT2D eigenvalue weighted by Gasteiger charge is -2.21. The molecule has 94 valence electrons. The van der Waals surface area contributed by atoms with Gasteiger partial charge in [-0.05, 0) is 20.3 Å². The third-order valence-electron chi connectivity index (χ3n) is 2.61. The minimum absolute atomic E-state index is 0.358. The maximum absolute atomic E-state index is 11.2. The molecule has 1 aromatic rings. The van der Waals surface area contributed by atoms with Gasteiger partial charge in [-0.3, -0.25) is 4.79 Å². The highest BCUT2D eigenvalue weighted by molar-refractivity contribution is 6.30. The highest BCUT2D eigenvalue weighted by Crippen LogP contribution is 2.22. The van der Waals surface area contributed by atoms with Crippen molar-refractivity contribution in [2.75, 3.05) is 11.9 Å². The molecule has 6 heteroatoms. The van der Waals surface area contributed by atoms with Gasteiger partial charge >= 0.3 is 0 Å². The zero-order valence-corrected chi connectivity index (χ0v) is 11.0. The van der Waals surface area contributed by atoms with Crippen molar-refractivity contribution in [1.82, 2.24) is 9.97 Å². The first-order valence-corrected chi connectivity index (χ1v) is 5.79. The number of nitrogens with two attached hydrogens (primary N) is 1. The Kier molecular flexibility index (Phi) is 4.28. The van der Waals surface area contributed by atoms with Crippen molar-refractivity contribution in [1.29, 1.82) is 0 Å². The summed E-state index contributed by atoms with van der Waals surface area (Å²) in [6, 6.07) is 0. The third kappa shape index (κ3) is 3.30. The molecule has 0 saturated heterocycles. The first kappa shape index (κ1) is 13.7. The molecule has 0 radical (unpaired) electrons. The van der Waals surface area contributed by atoms with Crippen LogP contribution in [-0.2, 0) is 11.2 Å². The predicted molar refractivity (Wildman–Crippen MR) is 67.9 cm³/mol. The summed E-state index contributed by atoms with van der Waals surface area (Å²) in [5.41, 5.74) is 5.50. The van der Waals surface area contributed by atoms with Gasteiger partial charge in [0.15, 0.2) is 0 Å². The van der Waals surface area contributed by atoms with Gasteiger partial charge in [0.05, 0.1) is 5.41 Å². The second-order valence-electron chi connectivity index (χ2n) is 4.45. The summed E-state index contributed by atoms with van der Waals surface area (Å²) in [5.74, 6) is 0.296. The summed E-state index contributed by atoms with van der Waals surface area (Å²) < 4.78 is 0. The smallest absolute Gasteiger partial charge is 0.224 e. The van der Waals surface area contributed by atoms with E-state index < -0.39 is 5.41 Å². The number of hydrogen-bond donors (Lipinski definition) is 2. The highest BCUT2D eigenvalue weighted by Gasteiger charge is 2.25. The number of primary amides is 1. The second kappa shape index (κ2) is 5.31. The topological polar surface area (TPSA) is 80.9 Å². The lowest BCUT2D eigenvalue weighted by molar-refractivity contribution is -0.125. The number of rotatable bonds is 5. The first-order chi connectivity index (χ1) is 7.88. The Morgan fingerprint density at radius 2 is 2.18 bits per heavy atom. The normalized spacial score (nSPS) is 11.3. The van der Waals surface area contributed by atoms with Gasteiger partial charge in [-0.1, -0.05) is 18.5 Å². The Labute approximate surface area is 106 Å². The van der Waals surface area contributed by atoms with E-state index in [4.69, 9.17) is 17.3 Å². The van der Waals surface area contributed by atoms with E-state index in [2.05, 4.69) is 15.3 Å². The average molecular weight is 257 g/mol. The Morgan fingerprint density at radius 3 is 2.71 bits per heavy atom. The number of halogens is 1. The quantitative estimate of drug-likeness (QED) is 0.785. The summed E-state index contributed by atoms with van der Waals surface area (Å²) in [6.07, 6.45) is 2.11. The summed E-state index contributed by atoms with van der Waals surface area (Å²) in [7, 11) is 0. The van der Waals surface area contributed by atoms with Crippen molar-refractivity contribution in [2.24, 2.45) is 11.1 Å². The largest absolute Gasteiger partial charge is 0.369 e. The standard InChI is InChI=1S/C11H17ClN4O/c1-4-7-8(12)15-6-16-9(7)14-5-11(2,3)10(13)17/h6H,4-5H2,1-3H3,(H2,13,17)(H,14,15,16). The molecule has 1 amide bonds. The minimum Gasteiger partial charge on any atom is -0.369 e. The number of nitrogens with one attached hydrogen (secondary N) is 1. The van der Waals surface area contributed by atoms with Gasteiger partial charge in [0.1, 0.15) is 17.3 Å². The number of anilines is 1. The van der Waals surface area contributed by atoms with Crippen LogP contribution in [0.4, 0.5) is 5.82 Å². The van der Waals surface area contributed by atoms with E-state index in [1.807, 2.05) is 6.92 Å². The summed E-state index contributed by atoms with van der Waals surface area (Å²) in [5, 5.41) is 3.52. The van der Waals surface area contributed by atoms with Gasteiger partial charge in [-0.2, -0.15) is 0 Å². The van der Waals surface area contributed by atoms with E-state index in [0.29, 0.717) is 17.5 Å². The highest BCUT2D eigenvalue weighted by atomic mass is 35.5. The summed E-state index contributed by atoms with van der Waals surface area (Å²) >= 11 is 5.96. The fraction of sp³-hybridized carbons (Fsp3) is 0.545. The lowest BCUT2D eigenvalue weighted by Crippen LogP contribution is -2.37. The van der Waals surface area contributed by atoms with Gasteiger partial charge < -0.3 is 11.1 Å². The predicted octanol–water partition coefficient (Wildman–Crippen LogP) is 1.62. The molecule has 1 rings (SSSR count). The molecule has 0 saturated carbocycles. The van der Waals surface area contributed by atoms with Crippen molar-refractivity contribution in [3.05, 3.63) is 17.0 Å². The first-order valence-electron chi connectivity index (χ1n) is 5.41. The number of carbonyl (C=O) groups is 1. The minimum atomic E-state index is -0.636. The van der Waals surface area contributed by atoms with Gasteiger partial charge in [0.2, 0.25) is 5.91 Å². The number of aromatic nitrogens is 2. The SMILES string of the molecule is CCc1c(Cl)ncnc1NCC(C)(C)C(N)=O.